The highest BCUT2D eigenvalue weighted by Gasteiger charge is 2.31. The Morgan fingerprint density at radius 1 is 0.636 bits per heavy atom. The standard InChI is InChI=1S/C16H29Br.C16H30O.C3H4N2.CH2Cl2.2CH4/c2*1-2-3-13-4-8-15(9-5-13)16-10-6-14(12-17)7-11-16;1-2-5-3-4-1;2-1-3;;/h13-16H,2-12H2,1H3;13-17H,2-12H2,1H3;1-3H,(H,4,5);1H2;2*1H4. The lowest BCUT2D eigenvalue weighted by Gasteiger charge is -2.37. The maximum Gasteiger partial charge on any atom is 0.0967 e. The molecule has 262 valence electrons. The molecule has 4 saturated carbocycles. The number of H-pyrrole nitrogens is 1. The molecule has 0 aliphatic heterocycles. The smallest absolute Gasteiger partial charge is 0.0967 e. The van der Waals surface area contributed by atoms with Gasteiger partial charge in [-0.1, -0.05) is 96.0 Å². The molecular weight excluding hydrogens is 651 g/mol. The van der Waals surface area contributed by atoms with Crippen molar-refractivity contribution in [3.05, 3.63) is 18.7 Å². The molecule has 0 bridgehead atoms. The summed E-state index contributed by atoms with van der Waals surface area (Å²) in [5.74, 6) is 7.96. The van der Waals surface area contributed by atoms with Gasteiger partial charge < -0.3 is 10.1 Å². The van der Waals surface area contributed by atoms with Crippen molar-refractivity contribution in [1.29, 1.82) is 0 Å². The maximum atomic E-state index is 9.18. The molecule has 4 aliphatic rings. The van der Waals surface area contributed by atoms with Gasteiger partial charge in [0.05, 0.1) is 11.7 Å². The highest BCUT2D eigenvalue weighted by atomic mass is 79.9. The Hall–Kier alpha value is 0.230. The van der Waals surface area contributed by atoms with E-state index in [2.05, 4.69) is 39.7 Å². The number of nitrogens with one attached hydrogen (secondary N) is 1. The fraction of sp³-hybridized carbons (Fsp3) is 0.921. The van der Waals surface area contributed by atoms with Crippen molar-refractivity contribution in [3.8, 4) is 0 Å². The first-order valence-electron chi connectivity index (χ1n) is 17.8. The van der Waals surface area contributed by atoms with Crippen LogP contribution in [0.4, 0.5) is 0 Å². The van der Waals surface area contributed by atoms with E-state index in [0.29, 0.717) is 12.5 Å². The lowest BCUT2D eigenvalue weighted by atomic mass is 9.69. The predicted molar refractivity (Wildman–Crippen MR) is 201 cm³/mol. The monoisotopic (exact) mass is 722 g/mol. The lowest BCUT2D eigenvalue weighted by Crippen LogP contribution is -2.26. The Morgan fingerprint density at radius 3 is 1.20 bits per heavy atom. The maximum absolute atomic E-state index is 9.18. The minimum absolute atomic E-state index is 0. The molecule has 44 heavy (non-hydrogen) atoms. The topological polar surface area (TPSA) is 48.9 Å². The van der Waals surface area contributed by atoms with Crippen molar-refractivity contribution in [2.45, 2.75) is 157 Å². The average molecular weight is 725 g/mol. The zero-order chi connectivity index (χ0) is 30.4. The van der Waals surface area contributed by atoms with Crippen molar-refractivity contribution >= 4 is 39.1 Å². The van der Waals surface area contributed by atoms with Crippen LogP contribution in [0.1, 0.15) is 157 Å². The van der Waals surface area contributed by atoms with Crippen LogP contribution in [-0.4, -0.2) is 32.4 Å². The van der Waals surface area contributed by atoms with Gasteiger partial charge in [0, 0.05) is 24.3 Å². The van der Waals surface area contributed by atoms with Crippen molar-refractivity contribution in [1.82, 2.24) is 9.97 Å². The second-order valence-electron chi connectivity index (χ2n) is 13.9. The van der Waals surface area contributed by atoms with E-state index in [1.165, 1.54) is 121 Å². The van der Waals surface area contributed by atoms with Gasteiger partial charge in [0.15, 0.2) is 0 Å². The first-order valence-corrected chi connectivity index (χ1v) is 20.0. The molecule has 1 heterocycles. The zero-order valence-electron chi connectivity index (χ0n) is 27.1. The SMILES string of the molecule is C.C.CCCC1CCC(C2CCC(CBr)CC2)CC1.CCCC1CCC(C2CCC(CO)CC2)CC1.ClCCl.c1c[nH]cn1. The van der Waals surface area contributed by atoms with E-state index in [0.717, 1.165) is 41.4 Å². The van der Waals surface area contributed by atoms with Crippen LogP contribution in [0.15, 0.2) is 18.7 Å². The van der Waals surface area contributed by atoms with Gasteiger partial charge in [-0.05, 0) is 124 Å². The summed E-state index contributed by atoms with van der Waals surface area (Å²) in [4.78, 5) is 6.42. The van der Waals surface area contributed by atoms with E-state index in [9.17, 15) is 5.11 Å². The van der Waals surface area contributed by atoms with Gasteiger partial charge in [0.1, 0.15) is 0 Å². The Bertz CT molecular complexity index is 628. The largest absolute Gasteiger partial charge is 0.396 e. The molecule has 0 spiro atoms. The molecule has 4 fully saturated rings. The van der Waals surface area contributed by atoms with Crippen LogP contribution in [0, 0.1) is 47.3 Å². The molecule has 5 rings (SSSR count). The summed E-state index contributed by atoms with van der Waals surface area (Å²) in [5.41, 5.74) is 0. The molecule has 0 saturated heterocycles. The minimum atomic E-state index is 0. The molecule has 4 aliphatic carbocycles. The number of nitrogens with zero attached hydrogens (tertiary/aromatic N) is 1. The Kier molecular flexibility index (Phi) is 28.4. The van der Waals surface area contributed by atoms with Gasteiger partial charge in [-0.25, -0.2) is 4.98 Å². The van der Waals surface area contributed by atoms with Crippen LogP contribution >= 0.6 is 39.1 Å². The van der Waals surface area contributed by atoms with Crippen LogP contribution in [0.25, 0.3) is 0 Å². The van der Waals surface area contributed by atoms with Crippen molar-refractivity contribution in [2.75, 3.05) is 17.3 Å². The summed E-state index contributed by atoms with van der Waals surface area (Å²) >= 11 is 13.2. The van der Waals surface area contributed by atoms with Gasteiger partial charge in [-0.15, -0.1) is 23.2 Å². The Morgan fingerprint density at radius 2 is 0.977 bits per heavy atom. The number of hydrogen-bond donors (Lipinski definition) is 2. The minimum Gasteiger partial charge on any atom is -0.396 e. The summed E-state index contributed by atoms with van der Waals surface area (Å²) in [6, 6.07) is 0. The summed E-state index contributed by atoms with van der Waals surface area (Å²) in [6.45, 7) is 5.09. The van der Waals surface area contributed by atoms with Crippen molar-refractivity contribution in [2.24, 2.45) is 47.3 Å². The molecule has 3 nitrogen and oxygen atoms in total. The normalized spacial score (nSPS) is 31.6. The highest BCUT2D eigenvalue weighted by molar-refractivity contribution is 9.09. The van der Waals surface area contributed by atoms with Gasteiger partial charge in [-0.3, -0.25) is 0 Å². The van der Waals surface area contributed by atoms with E-state index in [-0.39, 0.29) is 20.2 Å². The predicted octanol–water partition coefficient (Wildman–Crippen LogP) is 13.3. The van der Waals surface area contributed by atoms with E-state index in [1.807, 2.05) is 0 Å². The van der Waals surface area contributed by atoms with Crippen molar-refractivity contribution < 1.29 is 5.11 Å². The first kappa shape index (κ1) is 44.2. The number of aliphatic hydroxyl groups is 1. The van der Waals surface area contributed by atoms with Crippen LogP contribution < -0.4 is 0 Å². The number of hydrogen-bond acceptors (Lipinski definition) is 2. The number of alkyl halides is 3. The zero-order valence-corrected chi connectivity index (χ0v) is 30.2. The van der Waals surface area contributed by atoms with Gasteiger partial charge in [0.2, 0.25) is 0 Å². The molecule has 0 unspecified atom stereocenters. The van der Waals surface area contributed by atoms with Gasteiger partial charge in [0.25, 0.3) is 0 Å². The number of imidazole rings is 1. The molecular formula is C38H73BrCl2N2O. The number of rotatable bonds is 8. The fourth-order valence-electron chi connectivity index (χ4n) is 8.58. The first-order chi connectivity index (χ1) is 20.6. The number of aromatic nitrogens is 2. The second kappa shape index (κ2) is 28.3. The van der Waals surface area contributed by atoms with Crippen LogP contribution in [0.2, 0.25) is 0 Å². The Labute approximate surface area is 293 Å². The van der Waals surface area contributed by atoms with E-state index < -0.39 is 0 Å². The molecule has 1 aromatic rings. The number of aromatic amines is 1. The second-order valence-corrected chi connectivity index (χ2v) is 15.4. The number of halogens is 3. The van der Waals surface area contributed by atoms with Crippen LogP contribution in [0.5, 0.6) is 0 Å². The molecule has 1 aromatic heterocycles. The Balaban J connectivity index is 0.000000649. The highest BCUT2D eigenvalue weighted by Crippen LogP contribution is 2.43. The van der Waals surface area contributed by atoms with Crippen LogP contribution in [0.3, 0.4) is 0 Å². The third-order valence-corrected chi connectivity index (χ3v) is 12.1. The molecule has 6 heteroatoms. The summed E-state index contributed by atoms with van der Waals surface area (Å²) in [6.07, 6.45) is 34.4. The summed E-state index contributed by atoms with van der Waals surface area (Å²) in [7, 11) is 0. The molecule has 0 atom stereocenters. The van der Waals surface area contributed by atoms with Crippen LogP contribution in [-0.2, 0) is 0 Å². The van der Waals surface area contributed by atoms with E-state index in [1.54, 1.807) is 31.6 Å². The molecule has 0 aromatic carbocycles. The molecule has 2 N–H and O–H groups in total. The lowest BCUT2D eigenvalue weighted by molar-refractivity contribution is 0.115. The average Bonchev–Trinajstić information content (AvgIpc) is 3.64. The van der Waals surface area contributed by atoms with E-state index in [4.69, 9.17) is 23.2 Å². The van der Waals surface area contributed by atoms with Gasteiger partial charge in [-0.2, -0.15) is 0 Å². The third-order valence-electron chi connectivity index (χ3n) is 11.2. The van der Waals surface area contributed by atoms with Gasteiger partial charge >= 0.3 is 0 Å². The third kappa shape index (κ3) is 18.0. The quantitative estimate of drug-likeness (QED) is 0.262. The van der Waals surface area contributed by atoms with E-state index >= 15 is 0 Å². The summed E-state index contributed by atoms with van der Waals surface area (Å²) < 4.78 is 0. The number of aliphatic hydroxyl groups excluding tert-OH is 1. The summed E-state index contributed by atoms with van der Waals surface area (Å²) in [5, 5.41) is 10.6. The molecule has 0 radical (unpaired) electrons. The van der Waals surface area contributed by atoms with Crippen molar-refractivity contribution in [3.63, 3.8) is 0 Å². The fourth-order valence-corrected chi connectivity index (χ4v) is 9.23. The molecule has 0 amide bonds.